The maximum atomic E-state index is 16.2. The van der Waals surface area contributed by atoms with Gasteiger partial charge in [-0.1, -0.05) is 12.1 Å². The maximum Gasteiger partial charge on any atom is 0.287 e. The van der Waals surface area contributed by atoms with E-state index in [4.69, 9.17) is 9.47 Å². The van der Waals surface area contributed by atoms with Crippen molar-refractivity contribution in [2.45, 2.75) is 49.2 Å². The van der Waals surface area contributed by atoms with Crippen molar-refractivity contribution in [2.24, 2.45) is 5.41 Å². The summed E-state index contributed by atoms with van der Waals surface area (Å²) < 4.78 is 72.3. The Morgan fingerprint density at radius 1 is 1.06 bits per heavy atom. The van der Waals surface area contributed by atoms with Gasteiger partial charge in [0.1, 0.15) is 23.7 Å². The van der Waals surface area contributed by atoms with Crippen molar-refractivity contribution in [2.75, 3.05) is 20.3 Å². The fourth-order valence-electron chi connectivity index (χ4n) is 5.83. The number of tetrazole rings is 1. The van der Waals surface area contributed by atoms with Crippen molar-refractivity contribution in [1.82, 2.24) is 20.2 Å². The SMILES string of the molecule is COCCCOc1ccc(C23CC(C(F)(F)[C@@](O)(Cn4cnnn4)c4ccc(F)cc4F)(C2)C3)cc1. The van der Waals surface area contributed by atoms with Crippen LogP contribution in [0.2, 0.25) is 0 Å². The summed E-state index contributed by atoms with van der Waals surface area (Å²) in [5, 5.41) is 21.8. The van der Waals surface area contributed by atoms with Crippen LogP contribution < -0.4 is 4.74 Å². The monoisotopic (exact) mass is 506 g/mol. The zero-order valence-corrected chi connectivity index (χ0v) is 19.6. The Morgan fingerprint density at radius 2 is 1.78 bits per heavy atom. The third kappa shape index (κ3) is 3.76. The highest BCUT2D eigenvalue weighted by molar-refractivity contribution is 5.44. The normalized spacial score (nSPS) is 24.5. The van der Waals surface area contributed by atoms with Crippen LogP contribution in [0, 0.1) is 17.0 Å². The second kappa shape index (κ2) is 8.81. The first-order valence-corrected chi connectivity index (χ1v) is 11.6. The van der Waals surface area contributed by atoms with E-state index in [0.29, 0.717) is 25.0 Å². The highest BCUT2D eigenvalue weighted by Crippen LogP contribution is 2.80. The van der Waals surface area contributed by atoms with Crippen LogP contribution in [0.3, 0.4) is 0 Å². The number of hydrogen-bond acceptors (Lipinski definition) is 6. The minimum absolute atomic E-state index is 0.127. The van der Waals surface area contributed by atoms with E-state index in [-0.39, 0.29) is 19.3 Å². The van der Waals surface area contributed by atoms with E-state index in [1.807, 2.05) is 24.3 Å². The lowest BCUT2D eigenvalue weighted by molar-refractivity contribution is -0.347. The minimum atomic E-state index is -3.75. The second-order valence-electron chi connectivity index (χ2n) is 9.88. The molecule has 0 radical (unpaired) electrons. The molecule has 3 aliphatic carbocycles. The molecule has 2 bridgehead atoms. The van der Waals surface area contributed by atoms with Crippen molar-refractivity contribution in [1.29, 1.82) is 0 Å². The van der Waals surface area contributed by atoms with Gasteiger partial charge in [0, 0.05) is 37.2 Å². The van der Waals surface area contributed by atoms with Gasteiger partial charge in [-0.25, -0.2) is 22.2 Å². The first-order chi connectivity index (χ1) is 17.1. The van der Waals surface area contributed by atoms with E-state index in [1.54, 1.807) is 7.11 Å². The van der Waals surface area contributed by atoms with E-state index in [9.17, 15) is 13.9 Å². The topological polar surface area (TPSA) is 82.3 Å². The number of aliphatic hydroxyl groups is 1. The van der Waals surface area contributed by atoms with Gasteiger partial charge in [-0.15, -0.1) is 5.10 Å². The smallest absolute Gasteiger partial charge is 0.287 e. The lowest BCUT2D eigenvalue weighted by Crippen LogP contribution is -2.76. The lowest BCUT2D eigenvalue weighted by atomic mass is 9.30. The standard InChI is InChI=1S/C25H26F4N4O3/c1-35-9-2-10-36-19-6-3-17(4-7-19)22-12-23(13-22,14-22)25(28,29)24(34,15-33-16-30-31-32-33)20-8-5-18(26)11-21(20)27/h3-8,11,16,34H,2,9-10,12-15H2,1H3/t22?,23?,24-/m1/s1. The van der Waals surface area contributed by atoms with E-state index < -0.39 is 46.1 Å². The number of halogens is 4. The van der Waals surface area contributed by atoms with Crippen LogP contribution in [-0.2, 0) is 22.3 Å². The molecule has 2 aromatic carbocycles. The van der Waals surface area contributed by atoms with E-state index in [1.165, 1.54) is 0 Å². The number of hydrogen-bond donors (Lipinski definition) is 1. The number of ether oxygens (including phenoxy) is 2. The van der Waals surface area contributed by atoms with Gasteiger partial charge in [0.15, 0.2) is 5.60 Å². The van der Waals surface area contributed by atoms with Crippen molar-refractivity contribution in [3.05, 3.63) is 71.6 Å². The van der Waals surface area contributed by atoms with E-state index in [0.717, 1.165) is 35.1 Å². The third-order valence-corrected chi connectivity index (χ3v) is 7.60. The van der Waals surface area contributed by atoms with Crippen molar-refractivity contribution < 1.29 is 32.1 Å². The molecule has 3 fully saturated rings. The summed E-state index contributed by atoms with van der Waals surface area (Å²) in [6.45, 7) is 0.311. The quantitative estimate of drug-likeness (QED) is 0.313. The molecule has 6 rings (SSSR count). The second-order valence-corrected chi connectivity index (χ2v) is 9.88. The van der Waals surface area contributed by atoms with Gasteiger partial charge >= 0.3 is 0 Å². The molecule has 3 saturated carbocycles. The molecule has 0 unspecified atom stereocenters. The molecule has 1 N–H and O–H groups in total. The Balaban J connectivity index is 1.37. The first-order valence-electron chi connectivity index (χ1n) is 11.6. The van der Waals surface area contributed by atoms with Gasteiger partial charge in [0.25, 0.3) is 5.92 Å². The number of aromatic nitrogens is 4. The Kier molecular flexibility index (Phi) is 6.03. The molecule has 1 atom stereocenters. The molecule has 0 spiro atoms. The van der Waals surface area contributed by atoms with Crippen LogP contribution in [0.4, 0.5) is 17.6 Å². The molecular weight excluding hydrogens is 480 g/mol. The van der Waals surface area contributed by atoms with Crippen LogP contribution in [-0.4, -0.2) is 51.6 Å². The van der Waals surface area contributed by atoms with Gasteiger partial charge < -0.3 is 14.6 Å². The summed E-state index contributed by atoms with van der Waals surface area (Å²) in [4.78, 5) is 0. The fraction of sp³-hybridized carbons (Fsp3) is 0.480. The number of methoxy groups -OCH3 is 1. The molecule has 3 aromatic rings. The molecule has 1 heterocycles. The molecule has 0 saturated heterocycles. The van der Waals surface area contributed by atoms with Crippen molar-refractivity contribution in [3.8, 4) is 5.75 Å². The molecule has 3 aliphatic rings. The Bertz CT molecular complexity index is 1200. The highest BCUT2D eigenvalue weighted by Gasteiger charge is 2.82. The third-order valence-electron chi connectivity index (χ3n) is 7.60. The molecule has 1 aromatic heterocycles. The fourth-order valence-corrected chi connectivity index (χ4v) is 5.83. The number of benzene rings is 2. The lowest BCUT2D eigenvalue weighted by Gasteiger charge is -2.74. The molecule has 36 heavy (non-hydrogen) atoms. The average molecular weight is 507 g/mol. The summed E-state index contributed by atoms with van der Waals surface area (Å²) in [5.74, 6) is -5.26. The largest absolute Gasteiger partial charge is 0.494 e. The van der Waals surface area contributed by atoms with Gasteiger partial charge in [-0.05, 0) is 64.9 Å². The molecule has 192 valence electrons. The van der Waals surface area contributed by atoms with Gasteiger partial charge in [-0.2, -0.15) is 0 Å². The summed E-state index contributed by atoms with van der Waals surface area (Å²) in [6.07, 6.45) is 2.19. The zero-order valence-electron chi connectivity index (χ0n) is 19.6. The predicted molar refractivity (Wildman–Crippen MR) is 119 cm³/mol. The molecule has 0 aliphatic heterocycles. The summed E-state index contributed by atoms with van der Waals surface area (Å²) in [5.41, 5.74) is -4.74. The first kappa shape index (κ1) is 24.6. The van der Waals surface area contributed by atoms with Gasteiger partial charge in [-0.3, -0.25) is 0 Å². The van der Waals surface area contributed by atoms with Crippen LogP contribution in [0.5, 0.6) is 5.75 Å². The molecule has 7 nitrogen and oxygen atoms in total. The predicted octanol–water partition coefficient (Wildman–Crippen LogP) is 4.01. The average Bonchev–Trinajstić information content (AvgIpc) is 3.28. The van der Waals surface area contributed by atoms with Crippen LogP contribution in [0.25, 0.3) is 0 Å². The summed E-state index contributed by atoms with van der Waals surface area (Å²) in [7, 11) is 1.62. The zero-order chi connectivity index (χ0) is 25.6. The van der Waals surface area contributed by atoms with Crippen molar-refractivity contribution in [3.63, 3.8) is 0 Å². The number of nitrogens with zero attached hydrogens (tertiary/aromatic N) is 4. The molecular formula is C25H26F4N4O3. The Hall–Kier alpha value is -3.05. The Labute approximate surface area is 205 Å². The summed E-state index contributed by atoms with van der Waals surface area (Å²) in [6, 6.07) is 9.57. The van der Waals surface area contributed by atoms with Crippen molar-refractivity contribution >= 4 is 0 Å². The number of alkyl halides is 2. The Morgan fingerprint density at radius 3 is 2.39 bits per heavy atom. The number of rotatable bonds is 11. The van der Waals surface area contributed by atoms with E-state index >= 15 is 8.78 Å². The molecule has 0 amide bonds. The van der Waals surface area contributed by atoms with Crippen LogP contribution >= 0.6 is 0 Å². The van der Waals surface area contributed by atoms with Gasteiger partial charge in [0.05, 0.1) is 13.2 Å². The minimum Gasteiger partial charge on any atom is -0.494 e. The highest BCUT2D eigenvalue weighted by atomic mass is 19.3. The van der Waals surface area contributed by atoms with E-state index in [2.05, 4.69) is 15.5 Å². The van der Waals surface area contributed by atoms with Crippen LogP contribution in [0.15, 0.2) is 48.8 Å². The summed E-state index contributed by atoms with van der Waals surface area (Å²) >= 11 is 0. The molecule has 11 heteroatoms. The van der Waals surface area contributed by atoms with Gasteiger partial charge in [0.2, 0.25) is 0 Å². The van der Waals surface area contributed by atoms with Crippen LogP contribution in [0.1, 0.15) is 36.8 Å². The maximum absolute atomic E-state index is 16.2.